The average Bonchev–Trinajstić information content (AvgIpc) is 2.37. The summed E-state index contributed by atoms with van der Waals surface area (Å²) in [6.45, 7) is 2.91. The van der Waals surface area contributed by atoms with E-state index in [0.717, 1.165) is 39.8 Å². The highest BCUT2D eigenvalue weighted by molar-refractivity contribution is 9.10. The van der Waals surface area contributed by atoms with Gasteiger partial charge in [-0.05, 0) is 40.5 Å². The molecule has 96 valence electrons. The molecule has 0 aliphatic carbocycles. The number of unbranched alkanes of at least 4 members (excludes halogenated alkanes) is 2. The Morgan fingerprint density at radius 1 is 1.33 bits per heavy atom. The summed E-state index contributed by atoms with van der Waals surface area (Å²) in [6, 6.07) is 5.73. The van der Waals surface area contributed by atoms with E-state index >= 15 is 0 Å². The van der Waals surface area contributed by atoms with Crippen molar-refractivity contribution in [3.8, 4) is 5.75 Å². The molecule has 0 amide bonds. The average molecular weight is 309 g/mol. The van der Waals surface area contributed by atoms with Gasteiger partial charge in [0.2, 0.25) is 0 Å². The summed E-state index contributed by atoms with van der Waals surface area (Å²) in [7, 11) is 0. The number of rotatable bonds is 5. The molecule has 0 bridgehead atoms. The van der Waals surface area contributed by atoms with Gasteiger partial charge in [-0.25, -0.2) is 0 Å². The highest BCUT2D eigenvalue weighted by Gasteiger charge is 2.07. The second-order valence-electron chi connectivity index (χ2n) is 4.26. The molecule has 2 aromatic rings. The molecule has 1 aromatic carbocycles. The molecule has 0 saturated carbocycles. The molecular formula is C14H17BrN2O. The summed E-state index contributed by atoms with van der Waals surface area (Å²) in [6.07, 6.45) is 5.21. The van der Waals surface area contributed by atoms with Crippen LogP contribution in [-0.4, -0.2) is 11.6 Å². The number of benzene rings is 1. The Hall–Kier alpha value is -1.29. The van der Waals surface area contributed by atoms with Gasteiger partial charge in [-0.15, -0.1) is 0 Å². The van der Waals surface area contributed by atoms with Gasteiger partial charge in [-0.1, -0.05) is 19.8 Å². The predicted molar refractivity (Wildman–Crippen MR) is 78.9 cm³/mol. The third kappa shape index (κ3) is 2.93. The van der Waals surface area contributed by atoms with Gasteiger partial charge in [-0.3, -0.25) is 4.98 Å². The van der Waals surface area contributed by atoms with Crippen molar-refractivity contribution in [1.82, 2.24) is 4.98 Å². The number of nitrogen functional groups attached to an aromatic ring is 1. The zero-order valence-electron chi connectivity index (χ0n) is 10.4. The van der Waals surface area contributed by atoms with Crippen LogP contribution in [-0.2, 0) is 0 Å². The molecule has 0 aliphatic heterocycles. The normalized spacial score (nSPS) is 10.8. The number of hydrogen-bond acceptors (Lipinski definition) is 3. The van der Waals surface area contributed by atoms with Crippen LogP contribution in [0.1, 0.15) is 26.2 Å². The molecule has 0 aliphatic rings. The predicted octanol–water partition coefficient (Wildman–Crippen LogP) is 4.15. The van der Waals surface area contributed by atoms with Gasteiger partial charge in [0.25, 0.3) is 0 Å². The molecule has 0 unspecified atom stereocenters. The minimum atomic E-state index is 0.722. The van der Waals surface area contributed by atoms with Crippen LogP contribution in [0.15, 0.2) is 28.9 Å². The van der Waals surface area contributed by atoms with Gasteiger partial charge < -0.3 is 10.5 Å². The highest BCUT2D eigenvalue weighted by Crippen LogP contribution is 2.30. The fraction of sp³-hybridized carbons (Fsp3) is 0.357. The van der Waals surface area contributed by atoms with E-state index in [1.165, 1.54) is 12.8 Å². The Balaban J connectivity index is 2.25. The van der Waals surface area contributed by atoms with Crippen molar-refractivity contribution in [2.45, 2.75) is 26.2 Å². The molecule has 3 nitrogen and oxygen atoms in total. The van der Waals surface area contributed by atoms with Crippen LogP contribution in [0.4, 0.5) is 5.69 Å². The van der Waals surface area contributed by atoms with Gasteiger partial charge in [0, 0.05) is 21.7 Å². The lowest BCUT2D eigenvalue weighted by atomic mass is 10.1. The summed E-state index contributed by atoms with van der Waals surface area (Å²) in [5.74, 6) is 0.808. The maximum absolute atomic E-state index is 5.95. The van der Waals surface area contributed by atoms with Gasteiger partial charge in [0.15, 0.2) is 0 Å². The van der Waals surface area contributed by atoms with Gasteiger partial charge in [0.1, 0.15) is 11.3 Å². The van der Waals surface area contributed by atoms with Crippen molar-refractivity contribution in [2.75, 3.05) is 12.3 Å². The van der Waals surface area contributed by atoms with E-state index in [0.29, 0.717) is 0 Å². The summed E-state index contributed by atoms with van der Waals surface area (Å²) in [5, 5.41) is 0.928. The number of anilines is 1. The quantitative estimate of drug-likeness (QED) is 0.667. The lowest BCUT2D eigenvalue weighted by Gasteiger charge is -2.10. The third-order valence-electron chi connectivity index (χ3n) is 2.82. The van der Waals surface area contributed by atoms with Gasteiger partial charge in [0.05, 0.1) is 6.61 Å². The first-order chi connectivity index (χ1) is 8.72. The fourth-order valence-corrected chi connectivity index (χ4v) is 2.17. The zero-order valence-corrected chi connectivity index (χ0v) is 12.0. The van der Waals surface area contributed by atoms with Crippen molar-refractivity contribution in [3.63, 3.8) is 0 Å². The Labute approximate surface area is 115 Å². The second kappa shape index (κ2) is 6.05. The molecule has 1 aromatic heterocycles. The standard InChI is InChI=1S/C14H17BrN2O/c1-2-3-4-7-18-13-6-5-12(16)11-8-10(15)9-17-14(11)13/h5-6,8-9H,2-4,7,16H2,1H3. The number of halogens is 1. The SMILES string of the molecule is CCCCCOc1ccc(N)c2cc(Br)cnc12. The van der Waals surface area contributed by atoms with Crippen LogP contribution in [0.25, 0.3) is 10.9 Å². The fourth-order valence-electron chi connectivity index (χ4n) is 1.84. The van der Waals surface area contributed by atoms with Gasteiger partial charge >= 0.3 is 0 Å². The first-order valence-electron chi connectivity index (χ1n) is 6.19. The van der Waals surface area contributed by atoms with Crippen LogP contribution >= 0.6 is 15.9 Å². The minimum Gasteiger partial charge on any atom is -0.491 e. The number of pyridine rings is 1. The number of hydrogen-bond donors (Lipinski definition) is 1. The smallest absolute Gasteiger partial charge is 0.145 e. The molecular weight excluding hydrogens is 292 g/mol. The molecule has 2 N–H and O–H groups in total. The summed E-state index contributed by atoms with van der Waals surface area (Å²) < 4.78 is 6.70. The van der Waals surface area contributed by atoms with Crippen molar-refractivity contribution in [1.29, 1.82) is 0 Å². The lowest BCUT2D eigenvalue weighted by molar-refractivity contribution is 0.309. The summed E-state index contributed by atoms with van der Waals surface area (Å²) in [5.41, 5.74) is 7.50. The van der Waals surface area contributed by atoms with Crippen LogP contribution in [0.5, 0.6) is 5.75 Å². The van der Waals surface area contributed by atoms with Crippen LogP contribution in [0.2, 0.25) is 0 Å². The van der Waals surface area contributed by atoms with Gasteiger partial charge in [-0.2, -0.15) is 0 Å². The maximum Gasteiger partial charge on any atom is 0.145 e. The molecule has 18 heavy (non-hydrogen) atoms. The molecule has 0 radical (unpaired) electrons. The number of ether oxygens (including phenoxy) is 1. The molecule has 2 rings (SSSR count). The summed E-state index contributed by atoms with van der Waals surface area (Å²) >= 11 is 3.41. The van der Waals surface area contributed by atoms with Crippen molar-refractivity contribution < 1.29 is 4.74 Å². The number of nitrogens with zero attached hydrogens (tertiary/aromatic N) is 1. The highest BCUT2D eigenvalue weighted by atomic mass is 79.9. The van der Waals surface area contributed by atoms with E-state index in [2.05, 4.69) is 27.8 Å². The Morgan fingerprint density at radius 3 is 2.94 bits per heavy atom. The van der Waals surface area contributed by atoms with Crippen molar-refractivity contribution in [2.24, 2.45) is 0 Å². The lowest BCUT2D eigenvalue weighted by Crippen LogP contribution is -1.99. The van der Waals surface area contributed by atoms with Crippen LogP contribution < -0.4 is 10.5 Å². The number of nitrogens with two attached hydrogens (primary N) is 1. The first-order valence-corrected chi connectivity index (χ1v) is 6.98. The molecule has 4 heteroatoms. The Kier molecular flexibility index (Phi) is 4.42. The van der Waals surface area contributed by atoms with E-state index in [1.54, 1.807) is 6.20 Å². The Morgan fingerprint density at radius 2 is 2.17 bits per heavy atom. The van der Waals surface area contributed by atoms with E-state index in [4.69, 9.17) is 10.5 Å². The molecule has 0 spiro atoms. The number of fused-ring (bicyclic) bond motifs is 1. The van der Waals surface area contributed by atoms with Crippen molar-refractivity contribution in [3.05, 3.63) is 28.9 Å². The van der Waals surface area contributed by atoms with Crippen LogP contribution in [0, 0.1) is 0 Å². The van der Waals surface area contributed by atoms with Crippen LogP contribution in [0.3, 0.4) is 0 Å². The molecule has 1 heterocycles. The topological polar surface area (TPSA) is 48.1 Å². The third-order valence-corrected chi connectivity index (χ3v) is 3.25. The largest absolute Gasteiger partial charge is 0.491 e. The van der Waals surface area contributed by atoms with E-state index in [9.17, 15) is 0 Å². The molecule has 0 fully saturated rings. The molecule has 0 saturated heterocycles. The number of aromatic nitrogens is 1. The van der Waals surface area contributed by atoms with E-state index in [1.807, 2.05) is 18.2 Å². The first kappa shape index (κ1) is 13.1. The molecule has 0 atom stereocenters. The van der Waals surface area contributed by atoms with E-state index < -0.39 is 0 Å². The minimum absolute atomic E-state index is 0.722. The Bertz CT molecular complexity index is 543. The zero-order chi connectivity index (χ0) is 13.0. The summed E-state index contributed by atoms with van der Waals surface area (Å²) in [4.78, 5) is 4.39. The monoisotopic (exact) mass is 308 g/mol. The second-order valence-corrected chi connectivity index (χ2v) is 5.17. The van der Waals surface area contributed by atoms with E-state index in [-0.39, 0.29) is 0 Å². The maximum atomic E-state index is 5.95. The van der Waals surface area contributed by atoms with Crippen molar-refractivity contribution >= 4 is 32.5 Å².